The van der Waals surface area contributed by atoms with Crippen LogP contribution in [0.25, 0.3) is 0 Å². The molecule has 0 aromatic carbocycles. The Bertz CT molecular complexity index is 252. The molecule has 1 N–H and O–H groups in total. The van der Waals surface area contributed by atoms with Gasteiger partial charge in [-0.3, -0.25) is 0 Å². The van der Waals surface area contributed by atoms with Gasteiger partial charge in [-0.15, -0.1) is 0 Å². The minimum atomic E-state index is -0.662. The number of carbonyl (C=O) groups is 1. The smallest absolute Gasteiger partial charge is 0.300 e. The maximum atomic E-state index is 11.5. The van der Waals surface area contributed by atoms with Crippen LogP contribution in [0, 0.1) is 16.2 Å². The average Bonchev–Trinajstić information content (AvgIpc) is 2.14. The van der Waals surface area contributed by atoms with Gasteiger partial charge in [0.05, 0.1) is 5.41 Å². The second-order valence-corrected chi connectivity index (χ2v) is 6.56. The van der Waals surface area contributed by atoms with Crippen molar-refractivity contribution in [1.82, 2.24) is 0 Å². The maximum Gasteiger partial charge on any atom is 0.347 e. The molecule has 0 aromatic heterocycles. The first kappa shape index (κ1) is 15.4. The van der Waals surface area contributed by atoms with Gasteiger partial charge in [-0.05, 0) is 31.1 Å². The third-order valence-corrected chi connectivity index (χ3v) is 4.24. The molecule has 0 radical (unpaired) electrons. The highest BCUT2D eigenvalue weighted by molar-refractivity contribution is 5.75. The van der Waals surface area contributed by atoms with E-state index in [0.717, 1.165) is 6.42 Å². The van der Waals surface area contributed by atoms with Crippen LogP contribution in [0.4, 0.5) is 0 Å². The summed E-state index contributed by atoms with van der Waals surface area (Å²) in [5.41, 5.74) is -0.524. The summed E-state index contributed by atoms with van der Waals surface area (Å²) in [6.45, 7) is 14.5. The molecule has 0 atom stereocenters. The normalized spacial score (nSPS) is 13.8. The third kappa shape index (κ3) is 3.21. The largest absolute Gasteiger partial charge is 0.347 e. The summed E-state index contributed by atoms with van der Waals surface area (Å²) in [6.07, 6.45) is 1.73. The lowest BCUT2D eigenvalue weighted by atomic mass is 9.60. The van der Waals surface area contributed by atoms with Gasteiger partial charge in [0.15, 0.2) is 0 Å². The van der Waals surface area contributed by atoms with Gasteiger partial charge in [0.2, 0.25) is 0 Å². The second-order valence-electron chi connectivity index (χ2n) is 6.56. The molecule has 0 rings (SSSR count). The Morgan fingerprint density at radius 3 is 1.81 bits per heavy atom. The zero-order valence-electron chi connectivity index (χ0n) is 11.7. The SMILES string of the molecule is CCC(C)(C)C(C)(C)CC(C)(C)C(=O)OO. The molecule has 0 aliphatic rings. The Hall–Kier alpha value is -0.570. The number of hydrogen-bond acceptors (Lipinski definition) is 3. The lowest BCUT2D eigenvalue weighted by Gasteiger charge is -2.44. The standard InChI is InChI=1S/C13H26O3/c1-8-12(4,5)13(6,7)9-11(2,3)10(14)16-15/h15H,8-9H2,1-7H3. The summed E-state index contributed by atoms with van der Waals surface area (Å²) >= 11 is 0. The van der Waals surface area contributed by atoms with E-state index >= 15 is 0 Å². The molecule has 0 spiro atoms. The Kier molecular flexibility index (Phi) is 4.57. The molecular weight excluding hydrogens is 204 g/mol. The average molecular weight is 230 g/mol. The zero-order chi connectivity index (χ0) is 13.2. The fourth-order valence-corrected chi connectivity index (χ4v) is 2.02. The number of hydrogen-bond donors (Lipinski definition) is 1. The summed E-state index contributed by atoms with van der Waals surface area (Å²) in [7, 11) is 0. The molecule has 0 aliphatic carbocycles. The Balaban J connectivity index is 4.90. The van der Waals surface area contributed by atoms with Gasteiger partial charge in [0, 0.05) is 0 Å². The van der Waals surface area contributed by atoms with Crippen molar-refractivity contribution in [1.29, 1.82) is 0 Å². The van der Waals surface area contributed by atoms with E-state index in [1.807, 2.05) is 0 Å². The summed E-state index contributed by atoms with van der Waals surface area (Å²) in [6, 6.07) is 0. The van der Waals surface area contributed by atoms with Crippen molar-refractivity contribution < 1.29 is 14.9 Å². The van der Waals surface area contributed by atoms with E-state index in [2.05, 4.69) is 39.5 Å². The molecule has 0 saturated carbocycles. The molecule has 0 aromatic rings. The van der Waals surface area contributed by atoms with Crippen molar-refractivity contribution >= 4 is 5.97 Å². The van der Waals surface area contributed by atoms with Gasteiger partial charge in [-0.2, -0.15) is 5.26 Å². The molecule has 0 bridgehead atoms. The molecule has 0 unspecified atom stereocenters. The molecule has 0 fully saturated rings. The highest BCUT2D eigenvalue weighted by atomic mass is 17.1. The summed E-state index contributed by atoms with van der Waals surface area (Å²) in [4.78, 5) is 15.3. The number of rotatable bonds is 5. The van der Waals surface area contributed by atoms with Gasteiger partial charge in [-0.1, -0.05) is 41.0 Å². The van der Waals surface area contributed by atoms with Crippen LogP contribution in [0.1, 0.15) is 61.3 Å². The molecule has 96 valence electrons. The van der Waals surface area contributed by atoms with E-state index in [9.17, 15) is 4.79 Å². The van der Waals surface area contributed by atoms with Crippen molar-refractivity contribution in [2.75, 3.05) is 0 Å². The van der Waals surface area contributed by atoms with Crippen molar-refractivity contribution in [2.24, 2.45) is 16.2 Å². The van der Waals surface area contributed by atoms with Crippen LogP contribution in [-0.2, 0) is 9.68 Å². The molecular formula is C13H26O3. The zero-order valence-corrected chi connectivity index (χ0v) is 11.7. The topological polar surface area (TPSA) is 46.5 Å². The van der Waals surface area contributed by atoms with E-state index in [1.165, 1.54) is 0 Å². The van der Waals surface area contributed by atoms with Gasteiger partial charge in [-0.25, -0.2) is 4.79 Å². The third-order valence-electron chi connectivity index (χ3n) is 4.24. The molecule has 0 aliphatic heterocycles. The van der Waals surface area contributed by atoms with E-state index in [-0.39, 0.29) is 10.8 Å². The molecule has 0 saturated heterocycles. The van der Waals surface area contributed by atoms with E-state index < -0.39 is 11.4 Å². The number of carbonyl (C=O) groups excluding carboxylic acids is 1. The summed E-state index contributed by atoms with van der Waals surface area (Å²) in [5.74, 6) is -0.563. The van der Waals surface area contributed by atoms with Crippen molar-refractivity contribution in [2.45, 2.75) is 61.3 Å². The van der Waals surface area contributed by atoms with Crippen LogP contribution >= 0.6 is 0 Å². The first-order valence-corrected chi connectivity index (χ1v) is 5.86. The van der Waals surface area contributed by atoms with Gasteiger partial charge in [0.1, 0.15) is 0 Å². The molecule has 3 nitrogen and oxygen atoms in total. The Labute approximate surface area is 99.1 Å². The fourth-order valence-electron chi connectivity index (χ4n) is 2.02. The predicted octanol–water partition coefficient (Wildman–Crippen LogP) is 3.88. The van der Waals surface area contributed by atoms with Gasteiger partial charge < -0.3 is 4.89 Å². The van der Waals surface area contributed by atoms with Crippen LogP contribution < -0.4 is 0 Å². The lowest BCUT2D eigenvalue weighted by Crippen LogP contribution is -2.39. The van der Waals surface area contributed by atoms with Crippen LogP contribution in [-0.4, -0.2) is 11.2 Å². The first-order chi connectivity index (χ1) is 7.00. The first-order valence-electron chi connectivity index (χ1n) is 5.86. The minimum absolute atomic E-state index is 0.000556. The van der Waals surface area contributed by atoms with E-state index in [4.69, 9.17) is 5.26 Å². The van der Waals surface area contributed by atoms with Gasteiger partial charge in [0.25, 0.3) is 0 Å². The predicted molar refractivity (Wildman–Crippen MR) is 65.0 cm³/mol. The maximum absolute atomic E-state index is 11.5. The van der Waals surface area contributed by atoms with Crippen molar-refractivity contribution in [3.8, 4) is 0 Å². The summed E-state index contributed by atoms with van der Waals surface area (Å²) < 4.78 is 0. The van der Waals surface area contributed by atoms with Crippen LogP contribution in [0.2, 0.25) is 0 Å². The highest BCUT2D eigenvalue weighted by Gasteiger charge is 2.43. The summed E-state index contributed by atoms with van der Waals surface area (Å²) in [5, 5.41) is 8.48. The van der Waals surface area contributed by atoms with Gasteiger partial charge >= 0.3 is 5.97 Å². The molecule has 3 heteroatoms. The Morgan fingerprint density at radius 2 is 1.50 bits per heavy atom. The van der Waals surface area contributed by atoms with Crippen LogP contribution in [0.3, 0.4) is 0 Å². The van der Waals surface area contributed by atoms with Crippen LogP contribution in [0.5, 0.6) is 0 Å². The second kappa shape index (κ2) is 4.74. The van der Waals surface area contributed by atoms with E-state index in [0.29, 0.717) is 6.42 Å². The monoisotopic (exact) mass is 230 g/mol. The van der Waals surface area contributed by atoms with E-state index in [1.54, 1.807) is 13.8 Å². The van der Waals surface area contributed by atoms with Crippen molar-refractivity contribution in [3.63, 3.8) is 0 Å². The lowest BCUT2D eigenvalue weighted by molar-refractivity contribution is -0.245. The fraction of sp³-hybridized carbons (Fsp3) is 0.923. The molecule has 0 heterocycles. The molecule has 0 amide bonds. The quantitative estimate of drug-likeness (QED) is 0.576. The van der Waals surface area contributed by atoms with Crippen LogP contribution in [0.15, 0.2) is 0 Å². The van der Waals surface area contributed by atoms with Crippen molar-refractivity contribution in [3.05, 3.63) is 0 Å². The highest BCUT2D eigenvalue weighted by Crippen LogP contribution is 2.48. The molecule has 16 heavy (non-hydrogen) atoms. The Morgan fingerprint density at radius 1 is 1.06 bits per heavy atom. The minimum Gasteiger partial charge on any atom is -0.300 e.